The van der Waals surface area contributed by atoms with Crippen LogP contribution in [-0.2, 0) is 0 Å². The predicted molar refractivity (Wildman–Crippen MR) is 189 cm³/mol. The quantitative estimate of drug-likeness (QED) is 0.141. The number of allylic oxidation sites excluding steroid dienone is 10. The van der Waals surface area contributed by atoms with E-state index in [0.29, 0.717) is 11.8 Å². The van der Waals surface area contributed by atoms with Crippen molar-refractivity contribution >= 4 is 18.1 Å². The zero-order valence-electron chi connectivity index (χ0n) is 27.4. The lowest BCUT2D eigenvalue weighted by molar-refractivity contribution is 0.410. The van der Waals surface area contributed by atoms with E-state index in [2.05, 4.69) is 144 Å². The van der Waals surface area contributed by atoms with Gasteiger partial charge in [-0.15, -0.1) is 0 Å². The molecule has 0 spiro atoms. The van der Waals surface area contributed by atoms with Gasteiger partial charge in [-0.2, -0.15) is 0 Å². The van der Waals surface area contributed by atoms with Gasteiger partial charge in [0.1, 0.15) is 0 Å². The van der Waals surface area contributed by atoms with Crippen molar-refractivity contribution in [3.8, 4) is 11.1 Å². The minimum atomic E-state index is 0.242. The topological polar surface area (TPSA) is 37.6 Å². The summed E-state index contributed by atoms with van der Waals surface area (Å²) in [4.78, 5) is 13.3. The highest BCUT2D eigenvalue weighted by atomic mass is 14.7. The molecule has 226 valence electrons. The van der Waals surface area contributed by atoms with E-state index in [1.807, 2.05) is 18.6 Å². The molecule has 3 nitrogen and oxygen atoms in total. The second-order valence-electron chi connectivity index (χ2n) is 11.9. The molecule has 2 aromatic rings. The second-order valence-corrected chi connectivity index (χ2v) is 11.9. The van der Waals surface area contributed by atoms with Gasteiger partial charge < -0.3 is 0 Å². The lowest BCUT2D eigenvalue weighted by atomic mass is 9.78. The number of aromatic nitrogens is 1. The fourth-order valence-corrected chi connectivity index (χ4v) is 5.95. The summed E-state index contributed by atoms with van der Waals surface area (Å²) in [7, 11) is 0. The molecule has 3 heteroatoms. The van der Waals surface area contributed by atoms with Crippen LogP contribution in [0.2, 0.25) is 0 Å². The third-order valence-corrected chi connectivity index (χ3v) is 8.12. The Morgan fingerprint density at radius 2 is 1.86 bits per heavy atom. The largest absolute Gasteiger partial charge is 0.273 e. The predicted octanol–water partition coefficient (Wildman–Crippen LogP) is 11.2. The first-order chi connectivity index (χ1) is 20.8. The van der Waals surface area contributed by atoms with Crippen LogP contribution in [-0.4, -0.2) is 17.4 Å². The number of nitrogens with zero attached hydrogens (tertiary/aromatic N) is 3. The minimum Gasteiger partial charge on any atom is -0.273 e. The molecule has 4 atom stereocenters. The fourth-order valence-electron chi connectivity index (χ4n) is 5.95. The van der Waals surface area contributed by atoms with Gasteiger partial charge in [0.2, 0.25) is 0 Å². The normalized spacial score (nSPS) is 20.8. The van der Waals surface area contributed by atoms with Crippen LogP contribution >= 0.6 is 0 Å². The number of pyridine rings is 1. The highest BCUT2D eigenvalue weighted by Gasteiger charge is 2.22. The number of rotatable bonds is 12. The standard InChI is InChI=1S/C40H51N3/c1-9-12-32(11-3)37-17-15-34(33(13-10-2)18-21-41-8)14-16-36(27-37)31(7)26-40(43-29(4)5)39-25-30(6)24-38(28-39)35-19-22-42-23-20-35/h9,11-12,14,16,18-28,31,33-34,36H,8,10,13,15,17H2,1-7H3/b12-9-,16-14?,21-18-,32-11+,37-27+,40-26-. The van der Waals surface area contributed by atoms with Gasteiger partial charge in [0, 0.05) is 35.8 Å². The molecule has 0 aliphatic heterocycles. The zero-order valence-corrected chi connectivity index (χ0v) is 27.4. The first-order valence-corrected chi connectivity index (χ1v) is 15.9. The number of hydrogen-bond donors (Lipinski definition) is 0. The van der Waals surface area contributed by atoms with Gasteiger partial charge in [-0.05, 0) is 130 Å². The molecule has 0 fully saturated rings. The van der Waals surface area contributed by atoms with Crippen LogP contribution in [0.1, 0.15) is 78.4 Å². The highest BCUT2D eigenvalue weighted by molar-refractivity contribution is 5.86. The van der Waals surface area contributed by atoms with Crippen LogP contribution < -0.4 is 0 Å². The molecule has 0 saturated carbocycles. The summed E-state index contributed by atoms with van der Waals surface area (Å²) < 4.78 is 0. The van der Waals surface area contributed by atoms with Crippen molar-refractivity contribution in [1.82, 2.24) is 4.98 Å². The first kappa shape index (κ1) is 33.6. The van der Waals surface area contributed by atoms with E-state index in [1.54, 1.807) is 0 Å². The Morgan fingerprint density at radius 1 is 1.09 bits per heavy atom. The van der Waals surface area contributed by atoms with Gasteiger partial charge in [-0.25, -0.2) is 0 Å². The molecule has 1 aliphatic rings. The van der Waals surface area contributed by atoms with Crippen LogP contribution in [0.15, 0.2) is 119 Å². The average Bonchev–Trinajstić information content (AvgIpc) is 2.98. The second kappa shape index (κ2) is 17.3. The van der Waals surface area contributed by atoms with Crippen molar-refractivity contribution < 1.29 is 0 Å². The van der Waals surface area contributed by atoms with Gasteiger partial charge >= 0.3 is 0 Å². The van der Waals surface area contributed by atoms with Crippen LogP contribution in [0, 0.1) is 30.6 Å². The third-order valence-electron chi connectivity index (χ3n) is 8.12. The van der Waals surface area contributed by atoms with Gasteiger partial charge in [-0.1, -0.05) is 74.9 Å². The Kier molecular flexibility index (Phi) is 13.5. The molecule has 3 rings (SSSR count). The summed E-state index contributed by atoms with van der Waals surface area (Å²) in [6.45, 7) is 18.8. The lowest BCUT2D eigenvalue weighted by Gasteiger charge is -2.27. The van der Waals surface area contributed by atoms with E-state index < -0.39 is 0 Å². The van der Waals surface area contributed by atoms with E-state index in [0.717, 1.165) is 48.2 Å². The van der Waals surface area contributed by atoms with E-state index in [-0.39, 0.29) is 11.8 Å². The molecule has 0 saturated heterocycles. The van der Waals surface area contributed by atoms with Crippen molar-refractivity contribution in [2.24, 2.45) is 33.7 Å². The van der Waals surface area contributed by atoms with Crippen LogP contribution in [0.3, 0.4) is 0 Å². The van der Waals surface area contributed by atoms with E-state index >= 15 is 0 Å². The zero-order chi connectivity index (χ0) is 31.2. The number of benzene rings is 1. The maximum Gasteiger partial charge on any atom is 0.0664 e. The first-order valence-electron chi connectivity index (χ1n) is 15.9. The molecule has 0 amide bonds. The van der Waals surface area contributed by atoms with E-state index in [1.165, 1.54) is 22.3 Å². The molecule has 1 heterocycles. The summed E-state index contributed by atoms with van der Waals surface area (Å²) in [5.74, 6) is 1.40. The molecule has 0 radical (unpaired) electrons. The summed E-state index contributed by atoms with van der Waals surface area (Å²) >= 11 is 0. The average molecular weight is 574 g/mol. The molecule has 43 heavy (non-hydrogen) atoms. The van der Waals surface area contributed by atoms with E-state index in [9.17, 15) is 0 Å². The van der Waals surface area contributed by atoms with Gasteiger partial charge in [0.25, 0.3) is 0 Å². The van der Waals surface area contributed by atoms with Crippen molar-refractivity contribution in [1.29, 1.82) is 0 Å². The van der Waals surface area contributed by atoms with Gasteiger partial charge in [0.15, 0.2) is 0 Å². The summed E-state index contributed by atoms with van der Waals surface area (Å²) in [5.41, 5.74) is 9.52. The monoisotopic (exact) mass is 573 g/mol. The molecular formula is C40H51N3. The Balaban J connectivity index is 2.11. The van der Waals surface area contributed by atoms with Crippen molar-refractivity contribution in [3.05, 3.63) is 120 Å². The highest BCUT2D eigenvalue weighted by Crippen LogP contribution is 2.35. The Morgan fingerprint density at radius 3 is 2.51 bits per heavy atom. The van der Waals surface area contributed by atoms with Crippen LogP contribution in [0.4, 0.5) is 0 Å². The molecular weight excluding hydrogens is 522 g/mol. The smallest absolute Gasteiger partial charge is 0.0664 e. The summed E-state index contributed by atoms with van der Waals surface area (Å²) in [6, 6.07) is 10.9. The molecule has 0 N–H and O–H groups in total. The van der Waals surface area contributed by atoms with Crippen molar-refractivity contribution in [2.75, 3.05) is 0 Å². The van der Waals surface area contributed by atoms with Crippen molar-refractivity contribution in [3.63, 3.8) is 0 Å². The molecule has 4 unspecified atom stereocenters. The van der Waals surface area contributed by atoms with Crippen LogP contribution in [0.25, 0.3) is 16.8 Å². The maximum absolute atomic E-state index is 5.07. The lowest BCUT2D eigenvalue weighted by Crippen LogP contribution is -2.15. The molecule has 0 bridgehead atoms. The maximum atomic E-state index is 5.07. The summed E-state index contributed by atoms with van der Waals surface area (Å²) in [6.07, 6.45) is 28.7. The van der Waals surface area contributed by atoms with Crippen molar-refractivity contribution in [2.45, 2.75) is 74.1 Å². The molecule has 1 aromatic heterocycles. The SMILES string of the molecule is C=N/C=C\C(CCC)C1C=CC(C(C)/C=C(\N=C(C)C)c2cc(C)cc(-c3ccncc3)c2)/C=C(C(/C=C\C)=C/C)\CC1. The van der Waals surface area contributed by atoms with Gasteiger partial charge in [-0.3, -0.25) is 15.0 Å². The third kappa shape index (κ3) is 10.1. The minimum absolute atomic E-state index is 0.242. The van der Waals surface area contributed by atoms with Crippen LogP contribution in [0.5, 0.6) is 0 Å². The van der Waals surface area contributed by atoms with Gasteiger partial charge in [0.05, 0.1) is 5.70 Å². The number of aryl methyl sites for hydroxylation is 1. The molecule has 1 aromatic carbocycles. The number of hydrogen-bond acceptors (Lipinski definition) is 3. The number of aliphatic imine (C=N–C) groups is 2. The Hall–Kier alpha value is -3.85. The summed E-state index contributed by atoms with van der Waals surface area (Å²) in [5, 5.41) is 0. The molecule has 1 aliphatic carbocycles. The Labute approximate surface area is 261 Å². The van der Waals surface area contributed by atoms with E-state index in [4.69, 9.17) is 4.99 Å². The fraction of sp³-hybridized carbons (Fsp3) is 0.375. The Bertz CT molecular complexity index is 1410.